The quantitative estimate of drug-likeness (QED) is 0.0909. The third kappa shape index (κ3) is 8.48. The van der Waals surface area contributed by atoms with Crippen LogP contribution in [0.15, 0.2) is 91.3 Å². The summed E-state index contributed by atoms with van der Waals surface area (Å²) in [5.74, 6) is -2.77. The first-order chi connectivity index (χ1) is 23.1. The van der Waals surface area contributed by atoms with Gasteiger partial charge < -0.3 is 36.8 Å². The Morgan fingerprint density at radius 1 is 0.646 bits per heavy atom. The van der Waals surface area contributed by atoms with Crippen molar-refractivity contribution in [2.75, 3.05) is 0 Å². The lowest BCUT2D eigenvalue weighted by atomic mass is 10.00. The predicted molar refractivity (Wildman–Crippen MR) is 185 cm³/mol. The molecule has 4 unspecified atom stereocenters. The van der Waals surface area contributed by atoms with Crippen molar-refractivity contribution < 1.29 is 24.3 Å². The van der Waals surface area contributed by atoms with Gasteiger partial charge in [-0.2, -0.15) is 0 Å². The highest BCUT2D eigenvalue weighted by Crippen LogP contribution is 2.21. The Balaban J connectivity index is 1.41. The molecule has 11 nitrogen and oxygen atoms in total. The zero-order valence-corrected chi connectivity index (χ0v) is 27.0. The van der Waals surface area contributed by atoms with Gasteiger partial charge in [0.05, 0.1) is 6.04 Å². The van der Waals surface area contributed by atoms with Crippen molar-refractivity contribution in [3.05, 3.63) is 108 Å². The maximum Gasteiger partial charge on any atom is 0.326 e. The standard InChI is InChI=1S/C37H42N6O5/c1-22(2)16-28(38)34(44)41-31(17-23-10-4-3-5-11-23)35(45)42-32(18-24-20-39-29-14-8-6-12-26(24)29)36(46)43-33(37(47)48)19-25-21-40-30-15-9-7-13-27(25)30/h3-15,20-22,28,31-33,39-40H,16-19,38H2,1-2H3,(H,41,44)(H,42,45)(H,43,46)(H,47,48). The third-order valence-electron chi connectivity index (χ3n) is 8.42. The number of amides is 3. The number of fused-ring (bicyclic) bond motifs is 2. The number of hydrogen-bond donors (Lipinski definition) is 7. The van der Waals surface area contributed by atoms with E-state index in [-0.39, 0.29) is 25.2 Å². The van der Waals surface area contributed by atoms with Crippen LogP contribution in [0.4, 0.5) is 0 Å². The van der Waals surface area contributed by atoms with Gasteiger partial charge in [-0.05, 0) is 41.2 Å². The molecule has 0 bridgehead atoms. The number of aromatic amines is 2. The van der Waals surface area contributed by atoms with Gasteiger partial charge in [-0.15, -0.1) is 0 Å². The molecule has 8 N–H and O–H groups in total. The molecule has 3 amide bonds. The van der Waals surface area contributed by atoms with Crippen molar-refractivity contribution in [1.29, 1.82) is 0 Å². The second-order valence-corrected chi connectivity index (χ2v) is 12.6. The fourth-order valence-corrected chi connectivity index (χ4v) is 5.95. The zero-order valence-electron chi connectivity index (χ0n) is 27.0. The zero-order chi connectivity index (χ0) is 34.2. The SMILES string of the molecule is CC(C)CC(N)C(=O)NC(Cc1ccccc1)C(=O)NC(Cc1c[nH]c2ccccc12)C(=O)NC(Cc1c[nH]c2ccccc12)C(=O)O. The topological polar surface area (TPSA) is 182 Å². The van der Waals surface area contributed by atoms with Crippen LogP contribution < -0.4 is 21.7 Å². The Hall–Kier alpha value is -5.42. The van der Waals surface area contributed by atoms with E-state index in [1.807, 2.05) is 92.7 Å². The van der Waals surface area contributed by atoms with Crippen molar-refractivity contribution in [2.24, 2.45) is 11.7 Å². The number of nitrogens with one attached hydrogen (secondary N) is 5. The molecule has 0 fully saturated rings. The van der Waals surface area contributed by atoms with E-state index >= 15 is 0 Å². The van der Waals surface area contributed by atoms with Gasteiger partial charge >= 0.3 is 5.97 Å². The Labute approximate surface area is 278 Å². The van der Waals surface area contributed by atoms with Crippen molar-refractivity contribution >= 4 is 45.5 Å². The van der Waals surface area contributed by atoms with Gasteiger partial charge in [-0.3, -0.25) is 14.4 Å². The van der Waals surface area contributed by atoms with Gasteiger partial charge in [0, 0.05) is 53.5 Å². The number of carbonyl (C=O) groups is 4. The van der Waals surface area contributed by atoms with Gasteiger partial charge in [-0.1, -0.05) is 80.6 Å². The minimum absolute atomic E-state index is 0.0271. The molecule has 2 heterocycles. The minimum atomic E-state index is -1.27. The van der Waals surface area contributed by atoms with Crippen molar-refractivity contribution in [3.8, 4) is 0 Å². The van der Waals surface area contributed by atoms with Crippen molar-refractivity contribution in [3.63, 3.8) is 0 Å². The van der Waals surface area contributed by atoms with Crippen LogP contribution in [0.1, 0.15) is 37.0 Å². The van der Waals surface area contributed by atoms with Gasteiger partial charge in [-0.25, -0.2) is 4.79 Å². The molecule has 0 spiro atoms. The Kier molecular flexibility index (Phi) is 10.9. The molecule has 5 rings (SSSR count). The lowest BCUT2D eigenvalue weighted by molar-refractivity contribution is -0.142. The first-order valence-corrected chi connectivity index (χ1v) is 16.1. The Bertz CT molecular complexity index is 1880. The summed E-state index contributed by atoms with van der Waals surface area (Å²) in [5, 5.41) is 20.2. The fraction of sp³-hybridized carbons (Fsp3) is 0.297. The number of H-pyrrole nitrogens is 2. The van der Waals surface area contributed by atoms with Crippen LogP contribution in [0.25, 0.3) is 21.8 Å². The third-order valence-corrected chi connectivity index (χ3v) is 8.42. The van der Waals surface area contributed by atoms with E-state index in [2.05, 4.69) is 25.9 Å². The molecule has 2 aromatic heterocycles. The molecule has 0 saturated heterocycles. The molecule has 11 heteroatoms. The van der Waals surface area contributed by atoms with E-state index in [1.54, 1.807) is 12.4 Å². The highest BCUT2D eigenvalue weighted by Gasteiger charge is 2.32. The first kappa shape index (κ1) is 33.9. The largest absolute Gasteiger partial charge is 0.480 e. The molecular weight excluding hydrogens is 608 g/mol. The Morgan fingerprint density at radius 2 is 1.10 bits per heavy atom. The van der Waals surface area contributed by atoms with Crippen LogP contribution in [0.5, 0.6) is 0 Å². The van der Waals surface area contributed by atoms with Crippen LogP contribution in [0, 0.1) is 5.92 Å². The van der Waals surface area contributed by atoms with E-state index in [9.17, 15) is 24.3 Å². The predicted octanol–water partition coefficient (Wildman–Crippen LogP) is 3.59. The summed E-state index contributed by atoms with van der Waals surface area (Å²) >= 11 is 0. The summed E-state index contributed by atoms with van der Waals surface area (Å²) in [6, 6.07) is 20.0. The van der Waals surface area contributed by atoms with E-state index < -0.39 is 47.9 Å². The molecule has 5 aromatic rings. The van der Waals surface area contributed by atoms with Gasteiger partial charge in [0.25, 0.3) is 0 Å². The van der Waals surface area contributed by atoms with Crippen molar-refractivity contribution in [1.82, 2.24) is 25.9 Å². The van der Waals surface area contributed by atoms with E-state index in [0.29, 0.717) is 6.42 Å². The number of aromatic nitrogens is 2. The van der Waals surface area contributed by atoms with Crippen LogP contribution in [0.3, 0.4) is 0 Å². The van der Waals surface area contributed by atoms with Gasteiger partial charge in [0.15, 0.2) is 0 Å². The highest BCUT2D eigenvalue weighted by atomic mass is 16.4. The van der Waals surface area contributed by atoms with Crippen molar-refractivity contribution in [2.45, 2.75) is 63.7 Å². The summed E-state index contributed by atoms with van der Waals surface area (Å²) in [4.78, 5) is 59.8. The van der Waals surface area contributed by atoms with Gasteiger partial charge in [0.2, 0.25) is 17.7 Å². The first-order valence-electron chi connectivity index (χ1n) is 16.1. The molecule has 0 aliphatic rings. The van der Waals surface area contributed by atoms with E-state index in [1.165, 1.54) is 0 Å². The second kappa shape index (κ2) is 15.4. The number of para-hydroxylation sites is 2. The number of nitrogens with two attached hydrogens (primary N) is 1. The van der Waals surface area contributed by atoms with Crippen LogP contribution in [-0.2, 0) is 38.4 Å². The summed E-state index contributed by atoms with van der Waals surface area (Å²) < 4.78 is 0. The summed E-state index contributed by atoms with van der Waals surface area (Å²) in [6.45, 7) is 3.91. The van der Waals surface area contributed by atoms with Crippen LogP contribution >= 0.6 is 0 Å². The van der Waals surface area contributed by atoms with E-state index in [4.69, 9.17) is 5.73 Å². The van der Waals surface area contributed by atoms with Crippen LogP contribution in [-0.4, -0.2) is 62.9 Å². The smallest absolute Gasteiger partial charge is 0.326 e. The molecular formula is C37H42N6O5. The number of carboxylic acids is 1. The number of carbonyl (C=O) groups excluding carboxylic acids is 3. The monoisotopic (exact) mass is 650 g/mol. The number of benzene rings is 3. The number of rotatable bonds is 15. The van der Waals surface area contributed by atoms with E-state index in [0.717, 1.165) is 38.5 Å². The fourth-order valence-electron chi connectivity index (χ4n) is 5.95. The average molecular weight is 651 g/mol. The number of hydrogen-bond acceptors (Lipinski definition) is 5. The van der Waals surface area contributed by atoms with Crippen LogP contribution in [0.2, 0.25) is 0 Å². The maximum atomic E-state index is 14.0. The maximum absolute atomic E-state index is 14.0. The minimum Gasteiger partial charge on any atom is -0.480 e. The van der Waals surface area contributed by atoms with Gasteiger partial charge in [0.1, 0.15) is 18.1 Å². The highest BCUT2D eigenvalue weighted by molar-refractivity contribution is 5.95. The molecule has 0 radical (unpaired) electrons. The normalized spacial score (nSPS) is 13.9. The number of aliphatic carboxylic acids is 1. The molecule has 3 aromatic carbocycles. The second-order valence-electron chi connectivity index (χ2n) is 12.6. The summed E-state index contributed by atoms with van der Waals surface area (Å²) in [6.07, 6.45) is 4.19. The molecule has 0 aliphatic heterocycles. The molecule has 0 saturated carbocycles. The Morgan fingerprint density at radius 3 is 1.65 bits per heavy atom. The molecule has 48 heavy (non-hydrogen) atoms. The average Bonchev–Trinajstić information content (AvgIpc) is 3.67. The lowest BCUT2D eigenvalue weighted by Crippen LogP contribution is -2.58. The summed E-state index contributed by atoms with van der Waals surface area (Å²) in [7, 11) is 0. The number of carboxylic acid groups (broad SMARTS) is 1. The lowest BCUT2D eigenvalue weighted by Gasteiger charge is -2.25. The summed E-state index contributed by atoms with van der Waals surface area (Å²) in [5.41, 5.74) is 10.2. The molecule has 250 valence electrons. The molecule has 4 atom stereocenters. The molecule has 0 aliphatic carbocycles.